The molecule has 0 N–H and O–H groups in total. The number of nitrogens with zero attached hydrogens (tertiary/aromatic N) is 4. The summed E-state index contributed by atoms with van der Waals surface area (Å²) in [5.74, 6) is -0.988. The van der Waals surface area contributed by atoms with Crippen molar-refractivity contribution in [2.45, 2.75) is 25.9 Å². The predicted molar refractivity (Wildman–Crippen MR) is 113 cm³/mol. The van der Waals surface area contributed by atoms with Gasteiger partial charge in [0.05, 0.1) is 11.8 Å². The summed E-state index contributed by atoms with van der Waals surface area (Å²) in [4.78, 5) is 27.0. The van der Waals surface area contributed by atoms with Gasteiger partial charge in [0.25, 0.3) is 0 Å². The first kappa shape index (κ1) is 21.3. The number of hydrogen-bond donors (Lipinski definition) is 0. The number of halogens is 2. The Labute approximate surface area is 183 Å². The van der Waals surface area contributed by atoms with Crippen LogP contribution in [-0.2, 0) is 24.3 Å². The Kier molecular flexibility index (Phi) is 6.60. The summed E-state index contributed by atoms with van der Waals surface area (Å²) < 4.78 is 32.7. The lowest BCUT2D eigenvalue weighted by Gasteiger charge is -2.23. The highest BCUT2D eigenvalue weighted by molar-refractivity contribution is 5.76. The van der Waals surface area contributed by atoms with E-state index in [1.54, 1.807) is 29.7 Å². The molecule has 0 atom stereocenters. The maximum Gasteiger partial charge on any atom is 0.223 e. The van der Waals surface area contributed by atoms with Crippen molar-refractivity contribution >= 4 is 5.91 Å². The Hall–Kier alpha value is -3.94. The van der Waals surface area contributed by atoms with Gasteiger partial charge in [-0.15, -0.1) is 0 Å². The molecule has 0 bridgehead atoms. The number of benzene rings is 1. The van der Waals surface area contributed by atoms with Crippen LogP contribution in [-0.4, -0.2) is 25.8 Å². The molecule has 6 nitrogen and oxygen atoms in total. The summed E-state index contributed by atoms with van der Waals surface area (Å²) in [5.41, 5.74) is 2.00. The summed E-state index contributed by atoms with van der Waals surface area (Å²) in [5, 5.41) is 0. The lowest BCUT2D eigenvalue weighted by atomic mass is 10.2. The lowest BCUT2D eigenvalue weighted by Crippen LogP contribution is -2.30. The topological polar surface area (TPSA) is 72.1 Å². The molecule has 0 unspecified atom stereocenters. The number of aryl methyl sites for hydroxylation is 1. The fourth-order valence-electron chi connectivity index (χ4n) is 3.26. The van der Waals surface area contributed by atoms with E-state index in [-0.39, 0.29) is 30.1 Å². The zero-order chi connectivity index (χ0) is 22.3. The van der Waals surface area contributed by atoms with Gasteiger partial charge in [-0.2, -0.15) is 0 Å². The molecule has 0 aliphatic rings. The van der Waals surface area contributed by atoms with Crippen LogP contribution in [0.5, 0.6) is 0 Å². The van der Waals surface area contributed by atoms with E-state index in [0.717, 1.165) is 23.3 Å². The van der Waals surface area contributed by atoms with Crippen molar-refractivity contribution in [3.05, 3.63) is 102 Å². The van der Waals surface area contributed by atoms with Gasteiger partial charge in [-0.25, -0.2) is 13.8 Å². The molecule has 1 aromatic carbocycles. The van der Waals surface area contributed by atoms with Crippen LogP contribution in [0.3, 0.4) is 0 Å². The minimum absolute atomic E-state index is 0.0848. The number of rotatable bonds is 8. The minimum Gasteiger partial charge on any atom is -0.441 e. The van der Waals surface area contributed by atoms with Crippen molar-refractivity contribution in [2.75, 3.05) is 0 Å². The second-order valence-corrected chi connectivity index (χ2v) is 7.21. The normalized spacial score (nSPS) is 10.8. The van der Waals surface area contributed by atoms with Crippen LogP contribution >= 0.6 is 0 Å². The minimum atomic E-state index is -0.733. The molecule has 0 fully saturated rings. The number of aromatic nitrogens is 3. The zero-order valence-electron chi connectivity index (χ0n) is 17.1. The zero-order valence-corrected chi connectivity index (χ0v) is 17.1. The number of pyridine rings is 2. The van der Waals surface area contributed by atoms with Crippen LogP contribution in [0.1, 0.15) is 23.4 Å². The van der Waals surface area contributed by atoms with Crippen LogP contribution in [0, 0.1) is 11.6 Å². The Morgan fingerprint density at radius 1 is 0.938 bits per heavy atom. The summed E-state index contributed by atoms with van der Waals surface area (Å²) in [7, 11) is 0. The van der Waals surface area contributed by atoms with Gasteiger partial charge >= 0.3 is 0 Å². The van der Waals surface area contributed by atoms with E-state index in [0.29, 0.717) is 19.0 Å². The van der Waals surface area contributed by atoms with Crippen molar-refractivity contribution < 1.29 is 18.0 Å². The molecule has 0 saturated carbocycles. The summed E-state index contributed by atoms with van der Waals surface area (Å²) in [6.07, 6.45) is 8.57. The molecular weight excluding hydrogens is 414 g/mol. The molecule has 0 saturated heterocycles. The average Bonchev–Trinajstić information content (AvgIpc) is 3.27. The molecule has 8 heteroatoms. The standard InChI is InChI=1S/C24H20F2N4O2/c25-19-3-4-20(21(26)12-19)22-14-29-23(32-22)5-6-24(31)30(15-17-7-10-27-11-8-17)16-18-2-1-9-28-13-18/h1-4,7-14H,5-6,15-16H2. The van der Waals surface area contributed by atoms with E-state index in [4.69, 9.17) is 4.42 Å². The van der Waals surface area contributed by atoms with Crippen LogP contribution < -0.4 is 0 Å². The van der Waals surface area contributed by atoms with Gasteiger partial charge in [0.15, 0.2) is 11.7 Å². The predicted octanol–water partition coefficient (Wildman–Crippen LogP) is 4.57. The van der Waals surface area contributed by atoms with Crippen molar-refractivity contribution in [3.63, 3.8) is 0 Å². The third kappa shape index (κ3) is 5.40. The second kappa shape index (κ2) is 9.91. The molecule has 0 aliphatic carbocycles. The molecule has 0 aliphatic heterocycles. The third-order valence-electron chi connectivity index (χ3n) is 4.87. The van der Waals surface area contributed by atoms with Crippen molar-refractivity contribution in [2.24, 2.45) is 0 Å². The molecule has 4 rings (SSSR count). The Morgan fingerprint density at radius 3 is 2.50 bits per heavy atom. The molecule has 0 spiro atoms. The second-order valence-electron chi connectivity index (χ2n) is 7.21. The van der Waals surface area contributed by atoms with Gasteiger partial charge in [-0.1, -0.05) is 6.07 Å². The molecule has 3 aromatic heterocycles. The number of carbonyl (C=O) groups excluding carboxylic acids is 1. The molecule has 4 aromatic rings. The number of carbonyl (C=O) groups is 1. The lowest BCUT2D eigenvalue weighted by molar-refractivity contribution is -0.132. The van der Waals surface area contributed by atoms with Gasteiger partial charge in [-0.3, -0.25) is 14.8 Å². The van der Waals surface area contributed by atoms with Crippen molar-refractivity contribution in [1.29, 1.82) is 0 Å². The molecule has 1 amide bonds. The Morgan fingerprint density at radius 2 is 1.75 bits per heavy atom. The highest BCUT2D eigenvalue weighted by Gasteiger charge is 2.17. The van der Waals surface area contributed by atoms with E-state index < -0.39 is 11.6 Å². The first-order chi connectivity index (χ1) is 15.6. The molecule has 0 radical (unpaired) electrons. The van der Waals surface area contributed by atoms with Crippen LogP contribution in [0.4, 0.5) is 8.78 Å². The summed E-state index contributed by atoms with van der Waals surface area (Å²) in [6, 6.07) is 10.7. The molecule has 162 valence electrons. The quantitative estimate of drug-likeness (QED) is 0.406. The number of amides is 1. The average molecular weight is 434 g/mol. The first-order valence-corrected chi connectivity index (χ1v) is 10.0. The van der Waals surface area contributed by atoms with Gasteiger partial charge in [0, 0.05) is 56.8 Å². The number of hydrogen-bond acceptors (Lipinski definition) is 5. The third-order valence-corrected chi connectivity index (χ3v) is 4.87. The van der Waals surface area contributed by atoms with Crippen molar-refractivity contribution in [1.82, 2.24) is 19.9 Å². The fourth-order valence-corrected chi connectivity index (χ4v) is 3.26. The molecule has 32 heavy (non-hydrogen) atoms. The van der Waals surface area contributed by atoms with E-state index in [2.05, 4.69) is 15.0 Å². The van der Waals surface area contributed by atoms with Crippen molar-refractivity contribution in [3.8, 4) is 11.3 Å². The van der Waals surface area contributed by atoms with Gasteiger partial charge in [0.1, 0.15) is 11.6 Å². The monoisotopic (exact) mass is 434 g/mol. The van der Waals surface area contributed by atoms with Crippen LogP contribution in [0.2, 0.25) is 0 Å². The van der Waals surface area contributed by atoms with Crippen LogP contribution in [0.25, 0.3) is 11.3 Å². The maximum absolute atomic E-state index is 14.0. The summed E-state index contributed by atoms with van der Waals surface area (Å²) in [6.45, 7) is 0.834. The van der Waals surface area contributed by atoms with Gasteiger partial charge < -0.3 is 9.32 Å². The summed E-state index contributed by atoms with van der Waals surface area (Å²) >= 11 is 0. The first-order valence-electron chi connectivity index (χ1n) is 10.0. The maximum atomic E-state index is 14.0. The van der Waals surface area contributed by atoms with E-state index >= 15 is 0 Å². The highest BCUT2D eigenvalue weighted by atomic mass is 19.1. The Balaban J connectivity index is 1.44. The van der Waals surface area contributed by atoms with E-state index in [1.807, 2.05) is 24.3 Å². The van der Waals surface area contributed by atoms with E-state index in [9.17, 15) is 13.6 Å². The molecule has 3 heterocycles. The number of oxazole rings is 1. The van der Waals surface area contributed by atoms with Gasteiger partial charge in [-0.05, 0) is 41.5 Å². The SMILES string of the molecule is O=C(CCc1ncc(-c2ccc(F)cc2F)o1)N(Cc1ccncc1)Cc1cccnc1. The fraction of sp³-hybridized carbons (Fsp3) is 0.167. The smallest absolute Gasteiger partial charge is 0.223 e. The highest BCUT2D eigenvalue weighted by Crippen LogP contribution is 2.24. The largest absolute Gasteiger partial charge is 0.441 e. The molecular formula is C24H20F2N4O2. The van der Waals surface area contributed by atoms with Gasteiger partial charge in [0.2, 0.25) is 5.91 Å². The van der Waals surface area contributed by atoms with E-state index in [1.165, 1.54) is 12.3 Å². The van der Waals surface area contributed by atoms with Crippen LogP contribution in [0.15, 0.2) is 77.9 Å². The Bertz CT molecular complexity index is 1140.